The molecule has 2 saturated carbocycles. The van der Waals surface area contributed by atoms with Crippen LogP contribution in [0.15, 0.2) is 0 Å². The Labute approximate surface area is 103 Å². The zero-order chi connectivity index (χ0) is 12.3. The number of ether oxygens (including phenoxy) is 1. The predicted molar refractivity (Wildman–Crippen MR) is 66.4 cm³/mol. The Kier molecular flexibility index (Phi) is 4.41. The van der Waals surface area contributed by atoms with Crippen LogP contribution in [0.5, 0.6) is 0 Å². The fraction of sp³-hybridized carbons (Fsp3) is 1.00. The summed E-state index contributed by atoms with van der Waals surface area (Å²) in [5.41, 5.74) is 0. The molecule has 0 heterocycles. The molecular formula is C11H22N2O3S. The standard InChI is InChI=1S/C11H22N2O3S/c1-16-11-7-10(8-11)13-17(14,15)6-2-5-12-9-3-4-9/h9-13H,2-8H2,1H3. The summed E-state index contributed by atoms with van der Waals surface area (Å²) in [5, 5.41) is 3.31. The molecule has 2 N–H and O–H groups in total. The van der Waals surface area contributed by atoms with Crippen LogP contribution in [-0.4, -0.2) is 46.0 Å². The first kappa shape index (κ1) is 13.3. The summed E-state index contributed by atoms with van der Waals surface area (Å²) in [4.78, 5) is 0. The van der Waals surface area contributed by atoms with E-state index in [0.717, 1.165) is 19.4 Å². The van der Waals surface area contributed by atoms with E-state index in [1.165, 1.54) is 12.8 Å². The van der Waals surface area contributed by atoms with Gasteiger partial charge >= 0.3 is 0 Å². The van der Waals surface area contributed by atoms with Gasteiger partial charge in [0.15, 0.2) is 0 Å². The van der Waals surface area contributed by atoms with Gasteiger partial charge in [-0.3, -0.25) is 0 Å². The van der Waals surface area contributed by atoms with Crippen molar-refractivity contribution in [3.63, 3.8) is 0 Å². The summed E-state index contributed by atoms with van der Waals surface area (Å²) in [6, 6.07) is 0.737. The first-order valence-electron chi connectivity index (χ1n) is 6.35. The molecule has 0 aromatic carbocycles. The van der Waals surface area contributed by atoms with E-state index in [0.29, 0.717) is 12.5 Å². The van der Waals surface area contributed by atoms with Crippen molar-refractivity contribution in [2.24, 2.45) is 0 Å². The quantitative estimate of drug-likeness (QED) is 0.614. The molecule has 5 nitrogen and oxygen atoms in total. The number of nitrogens with one attached hydrogen (secondary N) is 2. The second-order valence-electron chi connectivity index (χ2n) is 5.04. The van der Waals surface area contributed by atoms with E-state index < -0.39 is 10.0 Å². The average molecular weight is 262 g/mol. The molecular weight excluding hydrogens is 240 g/mol. The molecule has 0 unspecified atom stereocenters. The van der Waals surface area contributed by atoms with Gasteiger partial charge in [-0.2, -0.15) is 0 Å². The molecule has 100 valence electrons. The number of rotatable bonds is 8. The highest BCUT2D eigenvalue weighted by Crippen LogP contribution is 2.23. The van der Waals surface area contributed by atoms with E-state index in [1.54, 1.807) is 7.11 Å². The van der Waals surface area contributed by atoms with Gasteiger partial charge in [-0.25, -0.2) is 13.1 Å². The normalized spacial score (nSPS) is 29.0. The smallest absolute Gasteiger partial charge is 0.211 e. The van der Waals surface area contributed by atoms with Crippen molar-refractivity contribution < 1.29 is 13.2 Å². The van der Waals surface area contributed by atoms with E-state index in [9.17, 15) is 8.42 Å². The number of hydrogen-bond acceptors (Lipinski definition) is 4. The molecule has 6 heteroatoms. The third kappa shape index (κ3) is 4.54. The Morgan fingerprint density at radius 2 is 1.94 bits per heavy atom. The van der Waals surface area contributed by atoms with Crippen molar-refractivity contribution in [1.29, 1.82) is 0 Å². The van der Waals surface area contributed by atoms with Crippen LogP contribution in [0, 0.1) is 0 Å². The molecule has 0 saturated heterocycles. The van der Waals surface area contributed by atoms with E-state index in [-0.39, 0.29) is 17.9 Å². The van der Waals surface area contributed by atoms with Crippen LogP contribution < -0.4 is 10.0 Å². The monoisotopic (exact) mass is 262 g/mol. The number of sulfonamides is 1. The average Bonchev–Trinajstić information content (AvgIpc) is 3.01. The molecule has 0 aromatic heterocycles. The van der Waals surface area contributed by atoms with Crippen molar-refractivity contribution in [1.82, 2.24) is 10.0 Å². The molecule has 0 aromatic rings. The fourth-order valence-electron chi connectivity index (χ4n) is 2.02. The van der Waals surface area contributed by atoms with Crippen LogP contribution in [0.1, 0.15) is 32.1 Å². The zero-order valence-corrected chi connectivity index (χ0v) is 11.1. The summed E-state index contributed by atoms with van der Waals surface area (Å²) in [5.74, 6) is 0.223. The van der Waals surface area contributed by atoms with Gasteiger partial charge in [0.2, 0.25) is 10.0 Å². The van der Waals surface area contributed by atoms with Crippen molar-refractivity contribution in [2.45, 2.75) is 50.3 Å². The van der Waals surface area contributed by atoms with Crippen LogP contribution in [0.2, 0.25) is 0 Å². The maximum atomic E-state index is 11.7. The molecule has 0 aliphatic heterocycles. The van der Waals surface area contributed by atoms with Crippen LogP contribution in [0.25, 0.3) is 0 Å². The lowest BCUT2D eigenvalue weighted by molar-refractivity contribution is 0.0236. The van der Waals surface area contributed by atoms with Gasteiger partial charge in [0.25, 0.3) is 0 Å². The lowest BCUT2D eigenvalue weighted by Gasteiger charge is -2.34. The van der Waals surface area contributed by atoms with Crippen LogP contribution >= 0.6 is 0 Å². The highest BCUT2D eigenvalue weighted by Gasteiger charge is 2.31. The maximum Gasteiger partial charge on any atom is 0.211 e. The molecule has 0 bridgehead atoms. The SMILES string of the molecule is COC1CC(NS(=O)(=O)CCCNC2CC2)C1. The van der Waals surface area contributed by atoms with E-state index in [1.807, 2.05) is 0 Å². The van der Waals surface area contributed by atoms with Gasteiger partial charge in [0.1, 0.15) is 0 Å². The van der Waals surface area contributed by atoms with Gasteiger partial charge in [-0.05, 0) is 38.6 Å². The minimum Gasteiger partial charge on any atom is -0.381 e. The molecule has 0 atom stereocenters. The van der Waals surface area contributed by atoms with Crippen molar-refractivity contribution in [3.8, 4) is 0 Å². The van der Waals surface area contributed by atoms with Gasteiger partial charge < -0.3 is 10.1 Å². The summed E-state index contributed by atoms with van der Waals surface area (Å²) >= 11 is 0. The van der Waals surface area contributed by atoms with E-state index >= 15 is 0 Å². The highest BCUT2D eigenvalue weighted by molar-refractivity contribution is 7.89. The number of hydrogen-bond donors (Lipinski definition) is 2. The Bertz CT molecular complexity index is 335. The predicted octanol–water partition coefficient (Wildman–Crippen LogP) is 0.225. The third-order valence-electron chi connectivity index (χ3n) is 3.37. The second kappa shape index (κ2) is 5.65. The topological polar surface area (TPSA) is 67.4 Å². The highest BCUT2D eigenvalue weighted by atomic mass is 32.2. The third-order valence-corrected chi connectivity index (χ3v) is 4.89. The van der Waals surface area contributed by atoms with E-state index in [4.69, 9.17) is 4.74 Å². The second-order valence-corrected chi connectivity index (χ2v) is 6.92. The minimum absolute atomic E-state index is 0.0846. The Morgan fingerprint density at radius 1 is 1.24 bits per heavy atom. The fourth-order valence-corrected chi connectivity index (χ4v) is 3.37. The van der Waals surface area contributed by atoms with Crippen LogP contribution in [0.3, 0.4) is 0 Å². The van der Waals surface area contributed by atoms with E-state index in [2.05, 4.69) is 10.0 Å². The van der Waals surface area contributed by atoms with Gasteiger partial charge in [-0.1, -0.05) is 0 Å². The Morgan fingerprint density at radius 3 is 2.53 bits per heavy atom. The van der Waals surface area contributed by atoms with Crippen LogP contribution in [-0.2, 0) is 14.8 Å². The number of methoxy groups -OCH3 is 1. The lowest BCUT2D eigenvalue weighted by Crippen LogP contribution is -2.48. The molecule has 0 spiro atoms. The largest absolute Gasteiger partial charge is 0.381 e. The molecule has 0 radical (unpaired) electrons. The van der Waals surface area contributed by atoms with Crippen molar-refractivity contribution in [2.75, 3.05) is 19.4 Å². The van der Waals surface area contributed by atoms with Crippen molar-refractivity contribution in [3.05, 3.63) is 0 Å². The maximum absolute atomic E-state index is 11.7. The molecule has 17 heavy (non-hydrogen) atoms. The summed E-state index contributed by atoms with van der Waals surface area (Å²) in [6.07, 6.45) is 5.01. The lowest BCUT2D eigenvalue weighted by atomic mass is 9.90. The Balaban J connectivity index is 1.57. The van der Waals surface area contributed by atoms with Crippen LogP contribution in [0.4, 0.5) is 0 Å². The summed E-state index contributed by atoms with van der Waals surface area (Å²) < 4.78 is 31.3. The summed E-state index contributed by atoms with van der Waals surface area (Å²) in [6.45, 7) is 0.803. The molecule has 2 fully saturated rings. The van der Waals surface area contributed by atoms with Gasteiger partial charge in [0, 0.05) is 19.2 Å². The molecule has 0 amide bonds. The molecule has 2 aliphatic rings. The first-order chi connectivity index (χ1) is 8.09. The minimum atomic E-state index is -3.10. The zero-order valence-electron chi connectivity index (χ0n) is 10.3. The van der Waals surface area contributed by atoms with Crippen molar-refractivity contribution >= 4 is 10.0 Å². The Hall–Kier alpha value is -0.170. The van der Waals surface area contributed by atoms with Gasteiger partial charge in [-0.15, -0.1) is 0 Å². The summed E-state index contributed by atoms with van der Waals surface area (Å²) in [7, 11) is -1.43. The molecule has 2 aliphatic carbocycles. The van der Waals surface area contributed by atoms with Gasteiger partial charge in [0.05, 0.1) is 11.9 Å². The molecule has 2 rings (SSSR count). The first-order valence-corrected chi connectivity index (χ1v) is 8.00.